The maximum Gasteiger partial charge on any atom is 0.265 e. The Hall–Kier alpha value is -0.0700. The van der Waals surface area contributed by atoms with E-state index in [-0.39, 0.29) is 5.91 Å². The number of rotatable bonds is 2. The molecule has 88 valence electrons. The minimum Gasteiger partial charge on any atom is -0.497 e. The molecule has 0 aromatic heterocycles. The predicted octanol–water partition coefficient (Wildman–Crippen LogP) is 3.50. The summed E-state index contributed by atoms with van der Waals surface area (Å²) >= 11 is 9.56. The van der Waals surface area contributed by atoms with E-state index in [0.717, 1.165) is 11.4 Å². The topological polar surface area (TPSA) is 29.5 Å². The summed E-state index contributed by atoms with van der Waals surface area (Å²) in [6.45, 7) is 0. The van der Waals surface area contributed by atoms with Crippen molar-refractivity contribution >= 4 is 59.4 Å². The third-order valence-electron chi connectivity index (χ3n) is 2.01. The number of amides is 1. The number of hydrogen-bond donors (Lipinski definition) is 0. The van der Waals surface area contributed by atoms with Gasteiger partial charge in [-0.1, -0.05) is 0 Å². The van der Waals surface area contributed by atoms with Crippen molar-refractivity contribution in [3.63, 3.8) is 0 Å². The van der Waals surface area contributed by atoms with Crippen LogP contribution in [0, 0.1) is 0 Å². The van der Waals surface area contributed by atoms with Gasteiger partial charge in [0.2, 0.25) is 2.14 Å². The quantitative estimate of drug-likeness (QED) is 0.692. The average Bonchev–Trinajstić information content (AvgIpc) is 2.26. The second kappa shape index (κ2) is 5.51. The molecule has 0 heterocycles. The molecule has 0 unspecified atom stereocenters. The van der Waals surface area contributed by atoms with Crippen molar-refractivity contribution in [3.8, 4) is 5.75 Å². The minimum absolute atomic E-state index is 0.155. The zero-order valence-corrected chi connectivity index (χ0v) is 13.5. The Bertz CT molecular complexity index is 373. The molecule has 0 saturated heterocycles. The molecule has 0 radical (unpaired) electrons. The molecule has 0 bridgehead atoms. The van der Waals surface area contributed by atoms with E-state index >= 15 is 0 Å². The largest absolute Gasteiger partial charge is 0.497 e. The van der Waals surface area contributed by atoms with Gasteiger partial charge in [0.1, 0.15) is 5.75 Å². The Morgan fingerprint density at radius 3 is 2.12 bits per heavy atom. The monoisotopic (exact) mass is 413 g/mol. The van der Waals surface area contributed by atoms with E-state index in [1.807, 2.05) is 12.1 Å². The van der Waals surface area contributed by atoms with E-state index in [0.29, 0.717) is 0 Å². The lowest BCUT2D eigenvalue weighted by molar-refractivity contribution is -0.116. The van der Waals surface area contributed by atoms with Crippen LogP contribution >= 0.6 is 47.8 Å². The standard InChI is InChI=1S/C10H10Br3NO2/c1-14(9(15)10(11,12)13)7-3-5-8(16-2)6-4-7/h3-6H,1-2H3. The summed E-state index contributed by atoms with van der Waals surface area (Å²) in [7, 11) is 3.30. The highest BCUT2D eigenvalue weighted by atomic mass is 80.0. The highest BCUT2D eigenvalue weighted by Gasteiger charge is 2.32. The normalized spacial score (nSPS) is 11.1. The van der Waals surface area contributed by atoms with Crippen molar-refractivity contribution in [1.82, 2.24) is 0 Å². The van der Waals surface area contributed by atoms with Crippen LogP contribution in [0.4, 0.5) is 5.69 Å². The molecule has 1 aromatic carbocycles. The van der Waals surface area contributed by atoms with Crippen LogP contribution in [-0.4, -0.2) is 22.2 Å². The number of ether oxygens (including phenoxy) is 1. The molecule has 1 amide bonds. The highest BCUT2D eigenvalue weighted by Crippen LogP contribution is 2.36. The van der Waals surface area contributed by atoms with Gasteiger partial charge in [0, 0.05) is 12.7 Å². The van der Waals surface area contributed by atoms with Gasteiger partial charge >= 0.3 is 0 Å². The van der Waals surface area contributed by atoms with Crippen LogP contribution in [0.1, 0.15) is 0 Å². The molecular formula is C10H10Br3NO2. The van der Waals surface area contributed by atoms with Gasteiger partial charge in [-0.2, -0.15) is 0 Å². The van der Waals surface area contributed by atoms with Gasteiger partial charge in [0.05, 0.1) is 7.11 Å². The number of carbonyl (C=O) groups excluding carboxylic acids is 1. The fourth-order valence-corrected chi connectivity index (χ4v) is 1.91. The van der Waals surface area contributed by atoms with Gasteiger partial charge in [-0.05, 0) is 72.1 Å². The van der Waals surface area contributed by atoms with Crippen LogP contribution in [-0.2, 0) is 4.79 Å². The summed E-state index contributed by atoms with van der Waals surface area (Å²) in [4.78, 5) is 13.4. The summed E-state index contributed by atoms with van der Waals surface area (Å²) in [5.74, 6) is 0.602. The van der Waals surface area contributed by atoms with Gasteiger partial charge in [-0.15, -0.1) is 0 Å². The van der Waals surface area contributed by atoms with Gasteiger partial charge < -0.3 is 9.64 Å². The zero-order chi connectivity index (χ0) is 12.3. The molecule has 6 heteroatoms. The summed E-state index contributed by atoms with van der Waals surface area (Å²) in [5.41, 5.74) is 0.786. The van der Waals surface area contributed by atoms with Crippen molar-refractivity contribution in [2.75, 3.05) is 19.1 Å². The zero-order valence-electron chi connectivity index (χ0n) is 8.71. The molecule has 1 rings (SSSR count). The van der Waals surface area contributed by atoms with E-state index in [1.165, 1.54) is 4.90 Å². The van der Waals surface area contributed by atoms with Crippen molar-refractivity contribution < 1.29 is 9.53 Å². The smallest absolute Gasteiger partial charge is 0.265 e. The molecule has 1 aromatic rings. The number of nitrogens with zero attached hydrogens (tertiary/aromatic N) is 1. The van der Waals surface area contributed by atoms with Crippen LogP contribution in [0.15, 0.2) is 24.3 Å². The van der Waals surface area contributed by atoms with Gasteiger partial charge in [-0.3, -0.25) is 4.79 Å². The Morgan fingerprint density at radius 2 is 1.75 bits per heavy atom. The van der Waals surface area contributed by atoms with Crippen molar-refractivity contribution in [1.29, 1.82) is 0 Å². The molecule has 0 spiro atoms. The number of alkyl halides is 3. The molecule has 16 heavy (non-hydrogen) atoms. The van der Waals surface area contributed by atoms with Gasteiger partial charge in [-0.25, -0.2) is 0 Å². The Balaban J connectivity index is 2.88. The predicted molar refractivity (Wildman–Crippen MR) is 75.9 cm³/mol. The molecule has 3 nitrogen and oxygen atoms in total. The second-order valence-corrected chi connectivity index (χ2v) is 9.82. The summed E-state index contributed by atoms with van der Waals surface area (Å²) in [5, 5.41) is 0. The maximum atomic E-state index is 11.9. The van der Waals surface area contributed by atoms with Crippen molar-refractivity contribution in [2.24, 2.45) is 0 Å². The van der Waals surface area contributed by atoms with Crippen LogP contribution in [0.3, 0.4) is 0 Å². The lowest BCUT2D eigenvalue weighted by Gasteiger charge is -2.22. The van der Waals surface area contributed by atoms with Crippen molar-refractivity contribution in [2.45, 2.75) is 2.14 Å². The maximum absolute atomic E-state index is 11.9. The number of benzene rings is 1. The molecule has 0 atom stereocenters. The van der Waals surface area contributed by atoms with E-state index in [4.69, 9.17) is 4.74 Å². The number of hydrogen-bond acceptors (Lipinski definition) is 2. The molecule has 0 N–H and O–H groups in total. The van der Waals surface area contributed by atoms with Crippen LogP contribution < -0.4 is 9.64 Å². The average molecular weight is 416 g/mol. The summed E-state index contributed by atoms with van der Waals surface area (Å²) < 4.78 is 4.12. The third-order valence-corrected chi connectivity index (χ3v) is 3.02. The molecule has 0 aliphatic carbocycles. The number of carbonyl (C=O) groups is 1. The molecular weight excluding hydrogens is 406 g/mol. The van der Waals surface area contributed by atoms with Crippen LogP contribution in [0.25, 0.3) is 0 Å². The summed E-state index contributed by atoms with van der Waals surface area (Å²) in [6, 6.07) is 7.24. The lowest BCUT2D eigenvalue weighted by Crippen LogP contribution is -2.35. The number of halogens is 3. The first-order chi connectivity index (χ1) is 7.36. The Morgan fingerprint density at radius 1 is 1.25 bits per heavy atom. The van der Waals surface area contributed by atoms with E-state index in [9.17, 15) is 4.79 Å². The first-order valence-electron chi connectivity index (χ1n) is 4.35. The number of anilines is 1. The van der Waals surface area contributed by atoms with Crippen LogP contribution in [0.2, 0.25) is 0 Å². The Kier molecular flexibility index (Phi) is 4.82. The molecule has 0 saturated carbocycles. The van der Waals surface area contributed by atoms with E-state index < -0.39 is 2.14 Å². The van der Waals surface area contributed by atoms with Gasteiger partial charge in [0.25, 0.3) is 5.91 Å². The van der Waals surface area contributed by atoms with Crippen LogP contribution in [0.5, 0.6) is 5.75 Å². The van der Waals surface area contributed by atoms with Gasteiger partial charge in [0.15, 0.2) is 0 Å². The fourth-order valence-electron chi connectivity index (χ4n) is 1.11. The fraction of sp³-hybridized carbons (Fsp3) is 0.300. The Labute approximate surface area is 120 Å². The number of methoxy groups -OCH3 is 1. The first-order valence-corrected chi connectivity index (χ1v) is 6.73. The SMILES string of the molecule is COc1ccc(N(C)C(=O)C(Br)(Br)Br)cc1. The summed E-state index contributed by atoms with van der Waals surface area (Å²) in [6.07, 6.45) is 0. The third kappa shape index (κ3) is 3.46. The lowest BCUT2D eigenvalue weighted by atomic mass is 10.3. The van der Waals surface area contributed by atoms with Crippen molar-refractivity contribution in [3.05, 3.63) is 24.3 Å². The molecule has 0 fully saturated rings. The minimum atomic E-state index is -0.929. The first kappa shape index (κ1) is 14.0. The second-order valence-electron chi connectivity index (χ2n) is 3.06. The molecule has 0 aliphatic heterocycles. The highest BCUT2D eigenvalue weighted by molar-refractivity contribution is 9.40. The van der Waals surface area contributed by atoms with E-state index in [1.54, 1.807) is 26.3 Å². The molecule has 0 aliphatic rings. The van der Waals surface area contributed by atoms with E-state index in [2.05, 4.69) is 47.8 Å².